The summed E-state index contributed by atoms with van der Waals surface area (Å²) in [4.78, 5) is 24.1. The summed E-state index contributed by atoms with van der Waals surface area (Å²) in [5.41, 5.74) is 2.51. The highest BCUT2D eigenvalue weighted by Crippen LogP contribution is 2.34. The number of piperazine rings is 1. The van der Waals surface area contributed by atoms with Crippen LogP contribution < -0.4 is 10.2 Å². The summed E-state index contributed by atoms with van der Waals surface area (Å²) in [5.74, 6) is 0.172. The van der Waals surface area contributed by atoms with Gasteiger partial charge in [0.2, 0.25) is 5.91 Å². The summed E-state index contributed by atoms with van der Waals surface area (Å²) in [7, 11) is 4.38. The number of thiophene rings is 1. The summed E-state index contributed by atoms with van der Waals surface area (Å²) in [6.45, 7) is 7.73. The van der Waals surface area contributed by atoms with Crippen molar-refractivity contribution in [3.05, 3.63) is 36.4 Å². The predicted molar refractivity (Wildman–Crippen MR) is 138 cm³/mol. The normalized spacial score (nSPS) is 23.8. The Balaban J connectivity index is 1.19. The standard InChI is InChI=1S/C26H37N5OS/c1-28-14-11-22(12-15-28)31-13-3-4-23(31)26(32)27-25-10-9-24(33-25)20-5-7-21(8-6-20)30-18-16-29(2)17-19-30/h5-10,22-23H,3-4,11-19H2,1-2H3,(H,27,32)/t23-/m1/s1. The van der Waals surface area contributed by atoms with E-state index in [1.807, 2.05) is 0 Å². The minimum Gasteiger partial charge on any atom is -0.369 e. The van der Waals surface area contributed by atoms with Gasteiger partial charge in [-0.25, -0.2) is 0 Å². The van der Waals surface area contributed by atoms with E-state index in [-0.39, 0.29) is 11.9 Å². The van der Waals surface area contributed by atoms with Gasteiger partial charge in [0.15, 0.2) is 0 Å². The molecule has 1 aromatic heterocycles. The van der Waals surface area contributed by atoms with Crippen LogP contribution in [-0.4, -0.2) is 92.6 Å². The molecule has 0 saturated carbocycles. The highest BCUT2D eigenvalue weighted by Gasteiger charge is 2.36. The third-order valence-electron chi connectivity index (χ3n) is 7.63. The van der Waals surface area contributed by atoms with Crippen LogP contribution in [0, 0.1) is 0 Å². The van der Waals surface area contributed by atoms with E-state index in [0.29, 0.717) is 6.04 Å². The first kappa shape index (κ1) is 22.8. The summed E-state index contributed by atoms with van der Waals surface area (Å²) in [6.07, 6.45) is 4.45. The lowest BCUT2D eigenvalue weighted by Crippen LogP contribution is -2.49. The number of anilines is 2. The molecule has 5 rings (SSSR count). The van der Waals surface area contributed by atoms with Crippen molar-refractivity contribution in [1.82, 2.24) is 14.7 Å². The largest absolute Gasteiger partial charge is 0.369 e. The lowest BCUT2D eigenvalue weighted by molar-refractivity contribution is -0.121. The first-order valence-electron chi connectivity index (χ1n) is 12.5. The van der Waals surface area contributed by atoms with Gasteiger partial charge in [-0.2, -0.15) is 0 Å². The highest BCUT2D eigenvalue weighted by molar-refractivity contribution is 7.19. The molecule has 2 aromatic rings. The number of carbonyl (C=O) groups excluding carboxylic acids is 1. The first-order chi connectivity index (χ1) is 16.1. The van der Waals surface area contributed by atoms with E-state index in [2.05, 4.69) is 75.4 Å². The molecule has 3 aliphatic rings. The fraction of sp³-hybridized carbons (Fsp3) is 0.577. The second-order valence-electron chi connectivity index (χ2n) is 9.92. The Morgan fingerprint density at radius 2 is 1.55 bits per heavy atom. The van der Waals surface area contributed by atoms with Crippen molar-refractivity contribution in [3.8, 4) is 10.4 Å². The number of hydrogen-bond donors (Lipinski definition) is 1. The van der Waals surface area contributed by atoms with Crippen molar-refractivity contribution < 1.29 is 4.79 Å². The van der Waals surface area contributed by atoms with Crippen molar-refractivity contribution in [2.75, 3.05) is 70.1 Å². The van der Waals surface area contributed by atoms with Crippen LogP contribution in [-0.2, 0) is 4.79 Å². The van der Waals surface area contributed by atoms with Gasteiger partial charge in [0.1, 0.15) is 0 Å². The van der Waals surface area contributed by atoms with Gasteiger partial charge >= 0.3 is 0 Å². The Bertz CT molecular complexity index is 928. The Hall–Kier alpha value is -1.93. The molecule has 3 fully saturated rings. The molecule has 1 aromatic carbocycles. The zero-order valence-corrected chi connectivity index (χ0v) is 20.8. The van der Waals surface area contributed by atoms with E-state index in [1.54, 1.807) is 11.3 Å². The zero-order valence-electron chi connectivity index (χ0n) is 20.0. The number of carbonyl (C=O) groups is 1. The van der Waals surface area contributed by atoms with Crippen molar-refractivity contribution in [1.29, 1.82) is 0 Å². The number of nitrogens with one attached hydrogen (secondary N) is 1. The van der Waals surface area contributed by atoms with E-state index in [0.717, 1.165) is 63.7 Å². The molecule has 1 atom stereocenters. The van der Waals surface area contributed by atoms with Crippen LogP contribution in [0.25, 0.3) is 10.4 Å². The van der Waals surface area contributed by atoms with E-state index >= 15 is 0 Å². The van der Waals surface area contributed by atoms with Crippen LogP contribution in [0.4, 0.5) is 10.7 Å². The molecule has 0 aliphatic carbocycles. The van der Waals surface area contributed by atoms with Crippen molar-refractivity contribution in [3.63, 3.8) is 0 Å². The van der Waals surface area contributed by atoms with Gasteiger partial charge in [0, 0.05) is 42.8 Å². The molecule has 4 heterocycles. The van der Waals surface area contributed by atoms with E-state index < -0.39 is 0 Å². The average Bonchev–Trinajstić information content (AvgIpc) is 3.50. The Kier molecular flexibility index (Phi) is 7.02. The fourth-order valence-corrected chi connectivity index (χ4v) is 6.41. The molecule has 0 unspecified atom stereocenters. The van der Waals surface area contributed by atoms with Crippen LogP contribution in [0.5, 0.6) is 0 Å². The Morgan fingerprint density at radius 1 is 0.848 bits per heavy atom. The van der Waals surface area contributed by atoms with E-state index in [9.17, 15) is 4.79 Å². The molecule has 33 heavy (non-hydrogen) atoms. The molecule has 7 heteroatoms. The number of likely N-dealkylation sites (tertiary alicyclic amines) is 2. The lowest BCUT2D eigenvalue weighted by atomic mass is 10.0. The smallest absolute Gasteiger partial charge is 0.242 e. The van der Waals surface area contributed by atoms with Crippen molar-refractivity contribution >= 4 is 27.9 Å². The fourth-order valence-electron chi connectivity index (χ4n) is 5.50. The van der Waals surface area contributed by atoms with E-state index in [1.165, 1.54) is 29.0 Å². The summed E-state index contributed by atoms with van der Waals surface area (Å²) in [6, 6.07) is 13.7. The number of likely N-dealkylation sites (N-methyl/N-ethyl adjacent to an activating group) is 1. The second-order valence-corrected chi connectivity index (χ2v) is 11.0. The second kappa shape index (κ2) is 10.1. The van der Waals surface area contributed by atoms with Crippen LogP contribution in [0.15, 0.2) is 36.4 Å². The molecule has 0 bridgehead atoms. The lowest BCUT2D eigenvalue weighted by Gasteiger charge is -2.37. The minimum absolute atomic E-state index is 0.0202. The van der Waals surface area contributed by atoms with Crippen LogP contribution in [0.1, 0.15) is 25.7 Å². The zero-order chi connectivity index (χ0) is 22.8. The van der Waals surface area contributed by atoms with Crippen LogP contribution in [0.2, 0.25) is 0 Å². The van der Waals surface area contributed by atoms with Crippen LogP contribution in [0.3, 0.4) is 0 Å². The van der Waals surface area contributed by atoms with Gasteiger partial charge in [0.25, 0.3) is 0 Å². The summed E-state index contributed by atoms with van der Waals surface area (Å²) in [5, 5.41) is 4.19. The van der Waals surface area contributed by atoms with Gasteiger partial charge in [-0.15, -0.1) is 11.3 Å². The molecular formula is C26H37N5OS. The molecule has 3 aliphatic heterocycles. The predicted octanol–water partition coefficient (Wildman–Crippen LogP) is 3.66. The molecule has 3 saturated heterocycles. The maximum absolute atomic E-state index is 13.2. The highest BCUT2D eigenvalue weighted by atomic mass is 32.1. The van der Waals surface area contributed by atoms with Gasteiger partial charge in [-0.05, 0) is 89.2 Å². The van der Waals surface area contributed by atoms with Gasteiger partial charge in [-0.1, -0.05) is 12.1 Å². The molecule has 0 spiro atoms. The third-order valence-corrected chi connectivity index (χ3v) is 8.68. The summed E-state index contributed by atoms with van der Waals surface area (Å²) >= 11 is 1.67. The Labute approximate surface area is 202 Å². The first-order valence-corrected chi connectivity index (χ1v) is 13.3. The Morgan fingerprint density at radius 3 is 2.27 bits per heavy atom. The van der Waals surface area contributed by atoms with Gasteiger partial charge < -0.3 is 20.0 Å². The molecule has 6 nitrogen and oxygen atoms in total. The SMILES string of the molecule is CN1CCC(N2CCC[C@@H]2C(=O)Nc2ccc(-c3ccc(N4CCN(C)CC4)cc3)s2)CC1. The number of piperidine rings is 1. The minimum atomic E-state index is 0.0202. The number of hydrogen-bond acceptors (Lipinski definition) is 6. The topological polar surface area (TPSA) is 42.1 Å². The quantitative estimate of drug-likeness (QED) is 0.727. The molecule has 1 N–H and O–H groups in total. The van der Waals surface area contributed by atoms with Gasteiger partial charge in [0.05, 0.1) is 11.0 Å². The van der Waals surface area contributed by atoms with Crippen molar-refractivity contribution in [2.45, 2.75) is 37.8 Å². The summed E-state index contributed by atoms with van der Waals surface area (Å²) < 4.78 is 0. The van der Waals surface area contributed by atoms with Gasteiger partial charge in [-0.3, -0.25) is 9.69 Å². The molecular weight excluding hydrogens is 430 g/mol. The maximum atomic E-state index is 13.2. The molecule has 178 valence electrons. The average molecular weight is 468 g/mol. The number of rotatable bonds is 5. The number of amides is 1. The number of nitrogens with zero attached hydrogens (tertiary/aromatic N) is 4. The van der Waals surface area contributed by atoms with E-state index in [4.69, 9.17) is 0 Å². The third kappa shape index (κ3) is 5.27. The van der Waals surface area contributed by atoms with Crippen molar-refractivity contribution in [2.24, 2.45) is 0 Å². The van der Waals surface area contributed by atoms with Crippen LogP contribution >= 0.6 is 11.3 Å². The maximum Gasteiger partial charge on any atom is 0.242 e. The monoisotopic (exact) mass is 467 g/mol. The molecule has 0 radical (unpaired) electrons. The molecule has 1 amide bonds. The number of benzene rings is 1.